The van der Waals surface area contributed by atoms with Crippen molar-refractivity contribution in [2.75, 3.05) is 39.3 Å². The van der Waals surface area contributed by atoms with E-state index in [4.69, 9.17) is 4.74 Å². The van der Waals surface area contributed by atoms with Gasteiger partial charge in [-0.1, -0.05) is 19.9 Å². The van der Waals surface area contributed by atoms with E-state index >= 15 is 0 Å². The molecule has 28 heavy (non-hydrogen) atoms. The Morgan fingerprint density at radius 2 is 2.25 bits per heavy atom. The van der Waals surface area contributed by atoms with Crippen LogP contribution < -0.4 is 10.6 Å². The number of thiophene rings is 1. The molecule has 0 unspecified atom stereocenters. The first kappa shape index (κ1) is 20.8. The lowest BCUT2D eigenvalue weighted by atomic mass is 10.0. The fourth-order valence-electron chi connectivity index (χ4n) is 3.58. The molecule has 4 amide bonds. The Kier molecular flexibility index (Phi) is 6.36. The summed E-state index contributed by atoms with van der Waals surface area (Å²) in [5.74, 6) is -0.207. The van der Waals surface area contributed by atoms with Gasteiger partial charge in [0.1, 0.15) is 6.54 Å². The quantitative estimate of drug-likeness (QED) is 0.657. The Morgan fingerprint density at radius 1 is 1.46 bits per heavy atom. The first-order valence-corrected chi connectivity index (χ1v) is 10.5. The van der Waals surface area contributed by atoms with Gasteiger partial charge in [-0.25, -0.2) is 4.79 Å². The molecule has 1 aromatic heterocycles. The summed E-state index contributed by atoms with van der Waals surface area (Å²) in [6, 6.07) is 3.08. The third-order valence-corrected chi connectivity index (χ3v) is 6.06. The molecular weight excluding hydrogens is 380 g/mol. The Morgan fingerprint density at radius 3 is 2.93 bits per heavy atom. The second-order valence-electron chi connectivity index (χ2n) is 7.87. The lowest BCUT2D eigenvalue weighted by molar-refractivity contribution is -0.135. The van der Waals surface area contributed by atoms with Crippen molar-refractivity contribution in [3.63, 3.8) is 0 Å². The van der Waals surface area contributed by atoms with Crippen molar-refractivity contribution in [2.45, 2.75) is 32.4 Å². The van der Waals surface area contributed by atoms with E-state index in [-0.39, 0.29) is 18.6 Å². The molecule has 3 heterocycles. The highest BCUT2D eigenvalue weighted by Crippen LogP contribution is 2.31. The number of hydrogen-bond acceptors (Lipinski definition) is 6. The molecule has 0 spiro atoms. The van der Waals surface area contributed by atoms with E-state index in [9.17, 15) is 14.4 Å². The number of hydrogen-bond donors (Lipinski definition) is 2. The van der Waals surface area contributed by atoms with Gasteiger partial charge in [0.25, 0.3) is 5.91 Å². The summed E-state index contributed by atoms with van der Waals surface area (Å²) >= 11 is 1.40. The van der Waals surface area contributed by atoms with Gasteiger partial charge in [-0.3, -0.25) is 19.4 Å². The van der Waals surface area contributed by atoms with Crippen molar-refractivity contribution in [1.82, 2.24) is 20.4 Å². The molecule has 2 N–H and O–H groups in total. The van der Waals surface area contributed by atoms with Gasteiger partial charge < -0.3 is 15.4 Å². The van der Waals surface area contributed by atoms with Gasteiger partial charge in [-0.15, -0.1) is 11.3 Å². The molecule has 3 rings (SSSR count). The van der Waals surface area contributed by atoms with Crippen LogP contribution in [0.3, 0.4) is 0 Å². The normalized spacial score (nSPS) is 26.0. The molecule has 0 saturated carbocycles. The Hall–Kier alpha value is -1.97. The van der Waals surface area contributed by atoms with Crippen LogP contribution >= 0.6 is 11.3 Å². The zero-order chi connectivity index (χ0) is 20.3. The molecule has 2 atom stereocenters. The Bertz CT molecular complexity index is 724. The summed E-state index contributed by atoms with van der Waals surface area (Å²) < 4.78 is 5.72. The molecule has 0 bridgehead atoms. The standard InChI is InChI=1S/C19H28N4O4S/c1-13(2)10-22-6-7-27-14(11-22)9-20-16(24)12-23-17(25)19(3,21-18(23)26)15-5-4-8-28-15/h4-5,8,13-14H,6-7,9-12H2,1-3H3,(H,20,24)(H,21,26)/t14-,19-/m1/s1. The van der Waals surface area contributed by atoms with Crippen molar-refractivity contribution in [1.29, 1.82) is 0 Å². The smallest absolute Gasteiger partial charge is 0.325 e. The number of morpholine rings is 1. The summed E-state index contributed by atoms with van der Waals surface area (Å²) in [4.78, 5) is 41.4. The van der Waals surface area contributed by atoms with Crippen molar-refractivity contribution < 1.29 is 19.1 Å². The van der Waals surface area contributed by atoms with Crippen LogP contribution in [0.25, 0.3) is 0 Å². The maximum Gasteiger partial charge on any atom is 0.325 e. The summed E-state index contributed by atoms with van der Waals surface area (Å²) in [7, 11) is 0. The van der Waals surface area contributed by atoms with Crippen LogP contribution in [0.5, 0.6) is 0 Å². The van der Waals surface area contributed by atoms with Crippen molar-refractivity contribution in [2.24, 2.45) is 5.92 Å². The van der Waals surface area contributed by atoms with E-state index < -0.39 is 17.5 Å². The molecule has 2 saturated heterocycles. The molecule has 9 heteroatoms. The molecule has 0 radical (unpaired) electrons. The number of ether oxygens (including phenoxy) is 1. The van der Waals surface area contributed by atoms with E-state index in [0.29, 0.717) is 19.1 Å². The van der Waals surface area contributed by atoms with Crippen molar-refractivity contribution >= 4 is 29.2 Å². The molecule has 8 nitrogen and oxygen atoms in total. The summed E-state index contributed by atoms with van der Waals surface area (Å²) in [6.07, 6.45) is -0.0871. The van der Waals surface area contributed by atoms with E-state index in [1.54, 1.807) is 13.0 Å². The highest BCUT2D eigenvalue weighted by molar-refractivity contribution is 7.10. The number of imide groups is 1. The average molecular weight is 409 g/mol. The van der Waals surface area contributed by atoms with E-state index in [0.717, 1.165) is 29.4 Å². The van der Waals surface area contributed by atoms with Crippen molar-refractivity contribution in [3.05, 3.63) is 22.4 Å². The van der Waals surface area contributed by atoms with Gasteiger partial charge >= 0.3 is 6.03 Å². The largest absolute Gasteiger partial charge is 0.374 e. The van der Waals surface area contributed by atoms with Crippen LogP contribution in [0.2, 0.25) is 0 Å². The minimum Gasteiger partial charge on any atom is -0.374 e. The first-order chi connectivity index (χ1) is 13.3. The number of nitrogens with zero attached hydrogens (tertiary/aromatic N) is 2. The van der Waals surface area contributed by atoms with E-state index in [1.165, 1.54) is 11.3 Å². The summed E-state index contributed by atoms with van der Waals surface area (Å²) in [5.41, 5.74) is -1.12. The van der Waals surface area contributed by atoms with Gasteiger partial charge in [-0.2, -0.15) is 0 Å². The molecular formula is C19H28N4O4S. The van der Waals surface area contributed by atoms with Crippen LogP contribution in [0.15, 0.2) is 17.5 Å². The topological polar surface area (TPSA) is 91.0 Å². The van der Waals surface area contributed by atoms with Gasteiger partial charge in [0, 0.05) is 31.1 Å². The monoisotopic (exact) mass is 408 g/mol. The van der Waals surface area contributed by atoms with Gasteiger partial charge in [0.2, 0.25) is 5.91 Å². The zero-order valence-electron chi connectivity index (χ0n) is 16.6. The minimum absolute atomic E-state index is 0.0871. The molecule has 2 aliphatic heterocycles. The predicted octanol–water partition coefficient (Wildman–Crippen LogP) is 0.988. The lowest BCUT2D eigenvalue weighted by Crippen LogP contribution is -2.50. The maximum atomic E-state index is 12.8. The fraction of sp³-hybridized carbons (Fsp3) is 0.632. The Labute approximate surface area is 169 Å². The fourth-order valence-corrected chi connectivity index (χ4v) is 4.42. The number of rotatable bonds is 7. The molecule has 2 fully saturated rings. The molecule has 1 aromatic rings. The Balaban J connectivity index is 1.51. The SMILES string of the molecule is CC(C)CN1CCO[C@H](CNC(=O)CN2C(=O)N[C@](C)(c3cccs3)C2=O)C1. The third-order valence-electron chi connectivity index (χ3n) is 4.96. The molecule has 0 aliphatic carbocycles. The van der Waals surface area contributed by atoms with Crippen molar-refractivity contribution in [3.8, 4) is 0 Å². The molecule has 2 aliphatic rings. The molecule has 154 valence electrons. The lowest BCUT2D eigenvalue weighted by Gasteiger charge is -2.34. The minimum atomic E-state index is -1.12. The second kappa shape index (κ2) is 8.59. The summed E-state index contributed by atoms with van der Waals surface area (Å²) in [5, 5.41) is 7.35. The second-order valence-corrected chi connectivity index (χ2v) is 8.82. The van der Waals surface area contributed by atoms with Gasteiger partial charge in [0.15, 0.2) is 5.54 Å². The highest BCUT2D eigenvalue weighted by Gasteiger charge is 2.50. The highest BCUT2D eigenvalue weighted by atomic mass is 32.1. The summed E-state index contributed by atoms with van der Waals surface area (Å²) in [6.45, 7) is 9.37. The van der Waals surface area contributed by atoms with E-state index in [1.807, 2.05) is 11.4 Å². The third kappa shape index (κ3) is 4.53. The average Bonchev–Trinajstić information content (AvgIpc) is 3.24. The number of nitrogens with one attached hydrogen (secondary N) is 2. The van der Waals surface area contributed by atoms with Crippen LogP contribution in [0.1, 0.15) is 25.6 Å². The van der Waals surface area contributed by atoms with Gasteiger partial charge in [-0.05, 0) is 24.3 Å². The molecule has 0 aromatic carbocycles. The van der Waals surface area contributed by atoms with Crippen LogP contribution in [-0.4, -0.2) is 73.1 Å². The first-order valence-electron chi connectivity index (χ1n) is 9.58. The number of amides is 4. The number of carbonyl (C=O) groups is 3. The van der Waals surface area contributed by atoms with Crippen LogP contribution in [0, 0.1) is 5.92 Å². The van der Waals surface area contributed by atoms with Crippen LogP contribution in [0.4, 0.5) is 4.79 Å². The maximum absolute atomic E-state index is 12.8. The zero-order valence-corrected chi connectivity index (χ0v) is 17.4. The number of urea groups is 1. The predicted molar refractivity (Wildman–Crippen MR) is 106 cm³/mol. The van der Waals surface area contributed by atoms with E-state index in [2.05, 4.69) is 29.4 Å². The number of carbonyl (C=O) groups excluding carboxylic acids is 3. The van der Waals surface area contributed by atoms with Crippen LogP contribution in [-0.2, 0) is 19.9 Å². The van der Waals surface area contributed by atoms with Gasteiger partial charge in [0.05, 0.1) is 12.7 Å².